The lowest BCUT2D eigenvalue weighted by atomic mass is 10.1. The average molecular weight is 384 g/mol. The number of nitrogens with one attached hydrogen (secondary N) is 1. The van der Waals surface area contributed by atoms with Crippen LogP contribution in [0.4, 0.5) is 8.78 Å². The molecule has 26 heavy (non-hydrogen) atoms. The molecule has 0 saturated carbocycles. The molecule has 142 valence electrons. The molecule has 1 heterocycles. The van der Waals surface area contributed by atoms with Crippen LogP contribution in [0.5, 0.6) is 11.5 Å². The summed E-state index contributed by atoms with van der Waals surface area (Å²) in [5.41, 5.74) is 1.32. The van der Waals surface area contributed by atoms with Crippen molar-refractivity contribution in [2.45, 2.75) is 40.3 Å². The lowest BCUT2D eigenvalue weighted by Gasteiger charge is -2.12. The number of methoxy groups -OCH3 is 1. The van der Waals surface area contributed by atoms with Gasteiger partial charge in [0.15, 0.2) is 11.5 Å². The summed E-state index contributed by atoms with van der Waals surface area (Å²) in [7, 11) is 1.37. The number of hydrogen-bond acceptors (Lipinski definition) is 5. The van der Waals surface area contributed by atoms with Crippen LogP contribution in [0.15, 0.2) is 18.2 Å². The highest BCUT2D eigenvalue weighted by atomic mass is 32.1. The maximum absolute atomic E-state index is 12.5. The van der Waals surface area contributed by atoms with Crippen molar-refractivity contribution in [3.63, 3.8) is 0 Å². The quantitative estimate of drug-likeness (QED) is 0.741. The summed E-state index contributed by atoms with van der Waals surface area (Å²) < 4.78 is 34.4. The summed E-state index contributed by atoms with van der Waals surface area (Å²) in [5, 5.41) is 3.72. The maximum Gasteiger partial charge on any atom is 0.387 e. The van der Waals surface area contributed by atoms with Crippen LogP contribution in [-0.4, -0.2) is 24.6 Å². The van der Waals surface area contributed by atoms with Crippen molar-refractivity contribution >= 4 is 17.2 Å². The van der Waals surface area contributed by atoms with Gasteiger partial charge in [-0.3, -0.25) is 4.79 Å². The molecule has 0 saturated heterocycles. The Morgan fingerprint density at radius 1 is 1.31 bits per heavy atom. The number of nitrogens with zero attached hydrogens (tertiary/aromatic N) is 1. The number of aromatic nitrogens is 1. The van der Waals surface area contributed by atoms with Crippen LogP contribution in [-0.2, 0) is 13.0 Å². The van der Waals surface area contributed by atoms with E-state index in [2.05, 4.69) is 28.9 Å². The summed E-state index contributed by atoms with van der Waals surface area (Å²) in [6.45, 7) is 3.22. The first kappa shape index (κ1) is 20.1. The molecule has 2 rings (SSSR count). The second kappa shape index (κ2) is 8.93. The van der Waals surface area contributed by atoms with E-state index in [1.54, 1.807) is 13.0 Å². The van der Waals surface area contributed by atoms with Gasteiger partial charge in [0.1, 0.15) is 4.88 Å². The molecule has 0 aliphatic carbocycles. The van der Waals surface area contributed by atoms with E-state index in [4.69, 9.17) is 4.74 Å². The molecular formula is C18H22F2N2O3S. The standard InChI is InChI=1S/C18H22F2N2O3S/c1-10(2)7-15-22-11(3)16(26-15)17(23)21-9-12-5-6-13(24-4)14(8-12)25-18(19)20/h5-6,8,10,18H,7,9H2,1-4H3,(H,21,23). The molecule has 0 fully saturated rings. The largest absolute Gasteiger partial charge is 0.493 e. The minimum absolute atomic E-state index is 0.0672. The summed E-state index contributed by atoms with van der Waals surface area (Å²) in [4.78, 5) is 17.4. The van der Waals surface area contributed by atoms with Crippen LogP contribution in [0.2, 0.25) is 0 Å². The number of carbonyl (C=O) groups excluding carboxylic acids is 1. The van der Waals surface area contributed by atoms with E-state index in [1.807, 2.05) is 0 Å². The first-order chi connectivity index (χ1) is 12.3. The van der Waals surface area contributed by atoms with Gasteiger partial charge in [0, 0.05) is 13.0 Å². The molecule has 1 N–H and O–H groups in total. The third kappa shape index (κ3) is 5.39. The Balaban J connectivity index is 2.06. The molecule has 1 aromatic heterocycles. The molecule has 0 aliphatic heterocycles. The highest BCUT2D eigenvalue weighted by Crippen LogP contribution is 2.29. The Kier molecular flexibility index (Phi) is 6.90. The van der Waals surface area contributed by atoms with Gasteiger partial charge in [-0.05, 0) is 30.5 Å². The van der Waals surface area contributed by atoms with E-state index in [1.165, 1.54) is 30.6 Å². The van der Waals surface area contributed by atoms with Crippen LogP contribution >= 0.6 is 11.3 Å². The number of thiazole rings is 1. The van der Waals surface area contributed by atoms with Gasteiger partial charge in [0.2, 0.25) is 0 Å². The molecule has 1 aromatic carbocycles. The molecule has 8 heteroatoms. The fourth-order valence-electron chi connectivity index (χ4n) is 2.38. The summed E-state index contributed by atoms with van der Waals surface area (Å²) in [5.74, 6) is 0.366. The summed E-state index contributed by atoms with van der Waals surface area (Å²) in [6, 6.07) is 4.63. The van der Waals surface area contributed by atoms with Crippen LogP contribution in [0.3, 0.4) is 0 Å². The first-order valence-electron chi connectivity index (χ1n) is 8.16. The minimum atomic E-state index is -2.95. The zero-order chi connectivity index (χ0) is 19.3. The fraction of sp³-hybridized carbons (Fsp3) is 0.444. The molecule has 0 spiro atoms. The van der Waals surface area contributed by atoms with Gasteiger partial charge in [-0.2, -0.15) is 8.78 Å². The second-order valence-electron chi connectivity index (χ2n) is 6.17. The van der Waals surface area contributed by atoms with Crippen LogP contribution in [0.1, 0.15) is 39.8 Å². The lowest BCUT2D eigenvalue weighted by Crippen LogP contribution is -2.22. The van der Waals surface area contributed by atoms with Crippen LogP contribution in [0, 0.1) is 12.8 Å². The molecular weight excluding hydrogens is 362 g/mol. The number of aryl methyl sites for hydroxylation is 1. The zero-order valence-electron chi connectivity index (χ0n) is 15.1. The number of ether oxygens (including phenoxy) is 2. The third-order valence-corrected chi connectivity index (χ3v) is 4.71. The van der Waals surface area contributed by atoms with Gasteiger partial charge in [-0.25, -0.2) is 4.98 Å². The number of rotatable bonds is 8. The molecule has 0 aliphatic rings. The number of halogens is 2. The van der Waals surface area contributed by atoms with Gasteiger partial charge >= 0.3 is 6.61 Å². The van der Waals surface area contributed by atoms with Gasteiger partial charge in [-0.1, -0.05) is 19.9 Å². The number of benzene rings is 1. The van der Waals surface area contributed by atoms with E-state index < -0.39 is 6.61 Å². The Morgan fingerprint density at radius 2 is 2.04 bits per heavy atom. The van der Waals surface area contributed by atoms with Crippen molar-refractivity contribution in [3.05, 3.63) is 39.3 Å². The van der Waals surface area contributed by atoms with Crippen molar-refractivity contribution in [2.24, 2.45) is 5.92 Å². The molecule has 0 atom stereocenters. The van der Waals surface area contributed by atoms with Gasteiger partial charge in [-0.15, -0.1) is 11.3 Å². The summed E-state index contributed by atoms with van der Waals surface area (Å²) in [6.07, 6.45) is 0.825. The van der Waals surface area contributed by atoms with E-state index in [9.17, 15) is 13.6 Å². The Bertz CT molecular complexity index is 763. The van der Waals surface area contributed by atoms with Crippen molar-refractivity contribution in [1.29, 1.82) is 0 Å². The van der Waals surface area contributed by atoms with E-state index in [0.29, 0.717) is 22.1 Å². The number of hydrogen-bond donors (Lipinski definition) is 1. The van der Waals surface area contributed by atoms with Crippen molar-refractivity contribution < 1.29 is 23.0 Å². The molecule has 5 nitrogen and oxygen atoms in total. The topological polar surface area (TPSA) is 60.5 Å². The Morgan fingerprint density at radius 3 is 2.65 bits per heavy atom. The predicted molar refractivity (Wildman–Crippen MR) is 96.2 cm³/mol. The summed E-state index contributed by atoms with van der Waals surface area (Å²) >= 11 is 1.38. The normalized spacial score (nSPS) is 11.1. The second-order valence-corrected chi connectivity index (χ2v) is 7.25. The van der Waals surface area contributed by atoms with Gasteiger partial charge in [0.25, 0.3) is 5.91 Å². The molecule has 0 radical (unpaired) electrons. The smallest absolute Gasteiger partial charge is 0.387 e. The lowest BCUT2D eigenvalue weighted by molar-refractivity contribution is -0.0512. The highest BCUT2D eigenvalue weighted by molar-refractivity contribution is 7.13. The Labute approximate surface area is 155 Å². The van der Waals surface area contributed by atoms with Gasteiger partial charge < -0.3 is 14.8 Å². The van der Waals surface area contributed by atoms with Gasteiger partial charge in [0.05, 0.1) is 17.8 Å². The van der Waals surface area contributed by atoms with Crippen molar-refractivity contribution in [1.82, 2.24) is 10.3 Å². The number of alkyl halides is 2. The number of amides is 1. The Hall–Kier alpha value is -2.22. The monoisotopic (exact) mass is 384 g/mol. The highest BCUT2D eigenvalue weighted by Gasteiger charge is 2.16. The minimum Gasteiger partial charge on any atom is -0.493 e. The first-order valence-corrected chi connectivity index (χ1v) is 8.98. The predicted octanol–water partition coefficient (Wildman–Crippen LogP) is 4.19. The van der Waals surface area contributed by atoms with Crippen molar-refractivity contribution in [3.8, 4) is 11.5 Å². The van der Waals surface area contributed by atoms with E-state index in [-0.39, 0.29) is 24.0 Å². The zero-order valence-corrected chi connectivity index (χ0v) is 16.0. The van der Waals surface area contributed by atoms with Crippen molar-refractivity contribution in [2.75, 3.05) is 7.11 Å². The van der Waals surface area contributed by atoms with E-state index >= 15 is 0 Å². The molecule has 1 amide bonds. The van der Waals surface area contributed by atoms with Crippen LogP contribution in [0.25, 0.3) is 0 Å². The van der Waals surface area contributed by atoms with Crippen LogP contribution < -0.4 is 14.8 Å². The third-order valence-electron chi connectivity index (χ3n) is 3.53. The molecule has 2 aromatic rings. The number of carbonyl (C=O) groups is 1. The SMILES string of the molecule is COc1ccc(CNC(=O)c2sc(CC(C)C)nc2C)cc1OC(F)F. The molecule has 0 unspecified atom stereocenters. The van der Waals surface area contributed by atoms with E-state index in [0.717, 1.165) is 11.4 Å². The molecule has 0 bridgehead atoms. The maximum atomic E-state index is 12.5. The average Bonchev–Trinajstić information content (AvgIpc) is 2.92. The fourth-order valence-corrected chi connectivity index (χ4v) is 3.57.